The molecule has 23 heavy (non-hydrogen) atoms. The first-order chi connectivity index (χ1) is 11.2. The number of aromatic nitrogens is 2. The minimum Gasteiger partial charge on any atom is -0.311 e. The number of nitrogens with zero attached hydrogens (tertiary/aromatic N) is 2. The molecule has 0 saturated carbocycles. The van der Waals surface area contributed by atoms with Gasteiger partial charge in [0.25, 0.3) is 0 Å². The van der Waals surface area contributed by atoms with Gasteiger partial charge in [-0.3, -0.25) is 4.79 Å². The second-order valence-electron chi connectivity index (χ2n) is 5.12. The van der Waals surface area contributed by atoms with Crippen LogP contribution in [0.25, 0.3) is 21.7 Å². The first-order valence-corrected chi connectivity index (χ1v) is 8.28. The van der Waals surface area contributed by atoms with E-state index in [9.17, 15) is 4.79 Å². The number of pyridine rings is 1. The zero-order valence-corrected chi connectivity index (χ0v) is 13.9. The first-order valence-electron chi connectivity index (χ1n) is 7.46. The molecule has 116 valence electrons. The van der Waals surface area contributed by atoms with Gasteiger partial charge < -0.3 is 5.32 Å². The lowest BCUT2D eigenvalue weighted by molar-refractivity contribution is -0.114. The second kappa shape index (κ2) is 6.71. The zero-order valence-electron chi connectivity index (χ0n) is 13.0. The number of hydrogen-bond acceptors (Lipinski definition) is 4. The summed E-state index contributed by atoms with van der Waals surface area (Å²) >= 11 is 1.68. The lowest BCUT2D eigenvalue weighted by atomic mass is 10.1. The summed E-state index contributed by atoms with van der Waals surface area (Å²) in [5, 5.41) is 3.82. The lowest BCUT2D eigenvalue weighted by Crippen LogP contribution is -2.07. The van der Waals surface area contributed by atoms with Gasteiger partial charge in [0.05, 0.1) is 15.6 Å². The van der Waals surface area contributed by atoms with Gasteiger partial charge in [-0.15, -0.1) is 11.3 Å². The molecule has 0 saturated heterocycles. The van der Waals surface area contributed by atoms with E-state index in [2.05, 4.69) is 29.4 Å². The van der Waals surface area contributed by atoms with Crippen LogP contribution in [0.3, 0.4) is 0 Å². The molecule has 0 bridgehead atoms. The Labute approximate surface area is 139 Å². The number of hydrogen-bond donors (Lipinski definition) is 1. The number of benzene rings is 1. The van der Waals surface area contributed by atoms with Crippen LogP contribution in [0.4, 0.5) is 5.82 Å². The molecule has 4 nitrogen and oxygen atoms in total. The first kappa shape index (κ1) is 15.4. The topological polar surface area (TPSA) is 54.9 Å². The molecule has 0 aliphatic rings. The maximum absolute atomic E-state index is 11.2. The van der Waals surface area contributed by atoms with Crippen molar-refractivity contribution >= 4 is 23.1 Å². The van der Waals surface area contributed by atoms with E-state index in [0.717, 1.165) is 33.1 Å². The summed E-state index contributed by atoms with van der Waals surface area (Å²) in [6.07, 6.45) is 2.61. The average Bonchev–Trinajstić information content (AvgIpc) is 3.00. The van der Waals surface area contributed by atoms with Crippen LogP contribution in [0.1, 0.15) is 18.9 Å². The number of amides is 1. The lowest BCUT2D eigenvalue weighted by Gasteiger charge is -2.05. The van der Waals surface area contributed by atoms with Crippen molar-refractivity contribution in [2.45, 2.75) is 20.3 Å². The molecule has 0 spiro atoms. The van der Waals surface area contributed by atoms with Gasteiger partial charge in [0.15, 0.2) is 0 Å². The van der Waals surface area contributed by atoms with Crippen LogP contribution in [0.2, 0.25) is 0 Å². The highest BCUT2D eigenvalue weighted by Crippen LogP contribution is 2.37. The fraction of sp³-hybridized carbons (Fsp3) is 0.167. The molecule has 2 heterocycles. The summed E-state index contributed by atoms with van der Waals surface area (Å²) in [6.45, 7) is 3.58. The molecule has 2 aromatic heterocycles. The van der Waals surface area contributed by atoms with E-state index in [4.69, 9.17) is 4.98 Å². The van der Waals surface area contributed by atoms with Gasteiger partial charge in [0, 0.05) is 18.7 Å². The van der Waals surface area contributed by atoms with Crippen molar-refractivity contribution < 1.29 is 4.79 Å². The van der Waals surface area contributed by atoms with Crippen LogP contribution in [0.15, 0.2) is 48.7 Å². The number of carbonyl (C=O) groups is 1. The molecule has 1 N–H and O–H groups in total. The van der Waals surface area contributed by atoms with Crippen molar-refractivity contribution in [3.05, 3.63) is 53.7 Å². The molecule has 0 radical (unpaired) electrons. The quantitative estimate of drug-likeness (QED) is 0.774. The normalized spacial score (nSPS) is 10.5. The van der Waals surface area contributed by atoms with Crippen molar-refractivity contribution in [2.24, 2.45) is 0 Å². The van der Waals surface area contributed by atoms with E-state index in [0.29, 0.717) is 5.82 Å². The highest BCUT2D eigenvalue weighted by atomic mass is 32.1. The molecule has 0 fully saturated rings. The summed E-state index contributed by atoms with van der Waals surface area (Å²) in [5.74, 6) is 0.428. The Morgan fingerprint density at radius 3 is 2.65 bits per heavy atom. The van der Waals surface area contributed by atoms with Crippen molar-refractivity contribution in [2.75, 3.05) is 5.32 Å². The molecule has 0 unspecified atom stereocenters. The summed E-state index contributed by atoms with van der Waals surface area (Å²) in [5.41, 5.74) is 3.09. The maximum atomic E-state index is 11.2. The van der Waals surface area contributed by atoms with Gasteiger partial charge in [-0.05, 0) is 24.1 Å². The third-order valence-electron chi connectivity index (χ3n) is 3.35. The summed E-state index contributed by atoms with van der Waals surface area (Å²) in [4.78, 5) is 21.3. The van der Waals surface area contributed by atoms with Gasteiger partial charge in [0.1, 0.15) is 5.82 Å². The predicted molar refractivity (Wildman–Crippen MR) is 94.5 cm³/mol. The number of nitrogens with one attached hydrogen (secondary N) is 1. The van der Waals surface area contributed by atoms with Gasteiger partial charge in [0.2, 0.25) is 5.91 Å². The van der Waals surface area contributed by atoms with Crippen LogP contribution in [-0.4, -0.2) is 15.9 Å². The Morgan fingerprint density at radius 1 is 1.17 bits per heavy atom. The Balaban J connectivity index is 2.09. The highest BCUT2D eigenvalue weighted by Gasteiger charge is 2.14. The minimum atomic E-state index is -0.128. The molecular weight excluding hydrogens is 306 g/mol. The van der Waals surface area contributed by atoms with E-state index >= 15 is 0 Å². The van der Waals surface area contributed by atoms with Crippen molar-refractivity contribution in [3.8, 4) is 21.7 Å². The van der Waals surface area contributed by atoms with Crippen molar-refractivity contribution in [1.82, 2.24) is 9.97 Å². The van der Waals surface area contributed by atoms with Crippen molar-refractivity contribution in [1.29, 1.82) is 0 Å². The Kier molecular flexibility index (Phi) is 4.48. The van der Waals surface area contributed by atoms with E-state index in [1.807, 2.05) is 30.3 Å². The number of thiazole rings is 1. The van der Waals surface area contributed by atoms with E-state index in [-0.39, 0.29) is 5.91 Å². The molecular formula is C18H17N3OS. The molecule has 5 heteroatoms. The number of rotatable bonds is 4. The van der Waals surface area contributed by atoms with Crippen LogP contribution in [0, 0.1) is 0 Å². The standard InChI is InChI=1S/C18H17N3OS/c1-3-16-21-17(13-7-5-4-6-8-13)18(23-16)14-9-10-19-15(11-14)20-12(2)22/h4-11H,3H2,1-2H3,(H,19,20,22). The molecule has 0 atom stereocenters. The smallest absolute Gasteiger partial charge is 0.222 e. The summed E-state index contributed by atoms with van der Waals surface area (Å²) in [6, 6.07) is 14.0. The molecule has 3 rings (SSSR count). The Morgan fingerprint density at radius 2 is 1.96 bits per heavy atom. The van der Waals surface area contributed by atoms with Gasteiger partial charge in [-0.1, -0.05) is 37.3 Å². The minimum absolute atomic E-state index is 0.128. The van der Waals surface area contributed by atoms with Crippen LogP contribution in [0.5, 0.6) is 0 Å². The van der Waals surface area contributed by atoms with Crippen LogP contribution in [-0.2, 0) is 11.2 Å². The van der Waals surface area contributed by atoms with E-state index < -0.39 is 0 Å². The monoisotopic (exact) mass is 323 g/mol. The van der Waals surface area contributed by atoms with Gasteiger partial charge >= 0.3 is 0 Å². The summed E-state index contributed by atoms with van der Waals surface area (Å²) in [7, 11) is 0. The largest absolute Gasteiger partial charge is 0.311 e. The SMILES string of the molecule is CCc1nc(-c2ccccc2)c(-c2ccnc(NC(C)=O)c2)s1. The third-order valence-corrected chi connectivity index (χ3v) is 4.60. The average molecular weight is 323 g/mol. The van der Waals surface area contributed by atoms with E-state index in [1.165, 1.54) is 6.92 Å². The van der Waals surface area contributed by atoms with E-state index in [1.54, 1.807) is 17.5 Å². The fourth-order valence-corrected chi connectivity index (χ4v) is 3.35. The highest BCUT2D eigenvalue weighted by molar-refractivity contribution is 7.15. The Hall–Kier alpha value is -2.53. The summed E-state index contributed by atoms with van der Waals surface area (Å²) < 4.78 is 0. The molecule has 0 aliphatic heterocycles. The fourth-order valence-electron chi connectivity index (χ4n) is 2.32. The molecule has 1 amide bonds. The predicted octanol–water partition coefficient (Wildman–Crippen LogP) is 4.39. The second-order valence-corrected chi connectivity index (χ2v) is 6.20. The van der Waals surface area contributed by atoms with Gasteiger partial charge in [-0.25, -0.2) is 9.97 Å². The number of carbonyl (C=O) groups excluding carboxylic acids is 1. The van der Waals surface area contributed by atoms with Crippen molar-refractivity contribution in [3.63, 3.8) is 0 Å². The van der Waals surface area contributed by atoms with Crippen LogP contribution >= 0.6 is 11.3 Å². The number of aryl methyl sites for hydroxylation is 1. The maximum Gasteiger partial charge on any atom is 0.222 e. The molecule has 0 aliphatic carbocycles. The molecule has 3 aromatic rings. The third kappa shape index (κ3) is 3.46. The zero-order chi connectivity index (χ0) is 16.2. The molecule has 1 aromatic carbocycles. The van der Waals surface area contributed by atoms with Crippen LogP contribution < -0.4 is 5.32 Å². The number of anilines is 1. The Bertz CT molecular complexity index is 827. The van der Waals surface area contributed by atoms with Gasteiger partial charge in [-0.2, -0.15) is 0 Å².